The number of aromatic nitrogens is 2. The lowest BCUT2D eigenvalue weighted by molar-refractivity contribution is 0.669. The Morgan fingerprint density at radius 1 is 0.262 bits per heavy atom. The molecule has 282 valence electrons. The zero-order valence-electron chi connectivity index (χ0n) is 32.9. The van der Waals surface area contributed by atoms with E-state index in [0.29, 0.717) is 0 Å². The first-order chi connectivity index (χ1) is 30.2. The summed E-state index contributed by atoms with van der Waals surface area (Å²) in [5, 5.41) is 9.85. The van der Waals surface area contributed by atoms with E-state index >= 15 is 0 Å². The van der Waals surface area contributed by atoms with E-state index in [2.05, 4.69) is 203 Å². The van der Waals surface area contributed by atoms with Crippen molar-refractivity contribution in [3.05, 3.63) is 206 Å². The van der Waals surface area contributed by atoms with Crippen molar-refractivity contribution in [1.29, 1.82) is 0 Å². The lowest BCUT2D eigenvalue weighted by Gasteiger charge is -2.13. The van der Waals surface area contributed by atoms with Crippen molar-refractivity contribution >= 4 is 76.3 Å². The number of para-hydroxylation sites is 3. The highest BCUT2D eigenvalue weighted by atomic mass is 16.3. The first-order valence-corrected chi connectivity index (χ1v) is 21.0. The van der Waals surface area contributed by atoms with Crippen LogP contribution in [-0.2, 0) is 0 Å². The highest BCUT2D eigenvalue weighted by Gasteiger charge is 2.23. The third-order valence-electron chi connectivity index (χ3n) is 13.3. The third-order valence-corrected chi connectivity index (χ3v) is 13.3. The lowest BCUT2D eigenvalue weighted by atomic mass is 9.94. The normalized spacial score (nSPS) is 12.3. The van der Waals surface area contributed by atoms with Gasteiger partial charge in [-0.15, -0.1) is 0 Å². The van der Waals surface area contributed by atoms with Gasteiger partial charge >= 0.3 is 0 Å². The summed E-state index contributed by atoms with van der Waals surface area (Å²) in [6.07, 6.45) is 0. The van der Waals surface area contributed by atoms with Crippen LogP contribution in [0.15, 0.2) is 211 Å². The van der Waals surface area contributed by atoms with Gasteiger partial charge in [0.25, 0.3) is 0 Å². The molecular formula is C58H34N2O. The summed E-state index contributed by atoms with van der Waals surface area (Å²) in [6.45, 7) is 0. The average molecular weight is 775 g/mol. The van der Waals surface area contributed by atoms with Gasteiger partial charge in [0, 0.05) is 43.7 Å². The van der Waals surface area contributed by atoms with Gasteiger partial charge < -0.3 is 13.6 Å². The molecule has 0 spiro atoms. The topological polar surface area (TPSA) is 23.0 Å². The number of rotatable bonds is 4. The monoisotopic (exact) mass is 774 g/mol. The number of benzene rings is 10. The first kappa shape index (κ1) is 32.8. The van der Waals surface area contributed by atoms with Gasteiger partial charge in [-0.1, -0.05) is 140 Å². The minimum absolute atomic E-state index is 0.903. The van der Waals surface area contributed by atoms with E-state index in [0.717, 1.165) is 33.3 Å². The average Bonchev–Trinajstić information content (AvgIpc) is 4.06. The van der Waals surface area contributed by atoms with Gasteiger partial charge in [0.2, 0.25) is 0 Å². The van der Waals surface area contributed by atoms with Gasteiger partial charge in [-0.2, -0.15) is 0 Å². The second kappa shape index (κ2) is 12.2. The quantitative estimate of drug-likeness (QED) is 0.175. The van der Waals surface area contributed by atoms with Crippen LogP contribution < -0.4 is 0 Å². The molecule has 3 aromatic heterocycles. The lowest BCUT2D eigenvalue weighted by Crippen LogP contribution is -1.95. The molecular weight excluding hydrogens is 741 g/mol. The minimum atomic E-state index is 0.903. The summed E-state index contributed by atoms with van der Waals surface area (Å²) in [4.78, 5) is 0. The van der Waals surface area contributed by atoms with Crippen molar-refractivity contribution < 1.29 is 4.42 Å². The van der Waals surface area contributed by atoms with Gasteiger partial charge in [-0.3, -0.25) is 0 Å². The van der Waals surface area contributed by atoms with Crippen molar-refractivity contribution in [2.45, 2.75) is 0 Å². The molecule has 0 N–H and O–H groups in total. The van der Waals surface area contributed by atoms with Crippen LogP contribution in [0.1, 0.15) is 0 Å². The minimum Gasteiger partial charge on any atom is -0.456 e. The van der Waals surface area contributed by atoms with Gasteiger partial charge in [-0.25, -0.2) is 0 Å². The number of hydrogen-bond acceptors (Lipinski definition) is 1. The third kappa shape index (κ3) is 4.58. The summed E-state index contributed by atoms with van der Waals surface area (Å²) < 4.78 is 11.0. The van der Waals surface area contributed by atoms with E-state index in [-0.39, 0.29) is 0 Å². The molecule has 0 bridgehead atoms. The zero-order valence-corrected chi connectivity index (χ0v) is 32.9. The molecule has 3 nitrogen and oxygen atoms in total. The van der Waals surface area contributed by atoms with E-state index in [4.69, 9.17) is 4.42 Å². The summed E-state index contributed by atoms with van der Waals surface area (Å²) in [7, 11) is 0. The largest absolute Gasteiger partial charge is 0.456 e. The van der Waals surface area contributed by atoms with E-state index in [1.54, 1.807) is 0 Å². The maximum absolute atomic E-state index is 6.20. The highest BCUT2D eigenvalue weighted by molar-refractivity contribution is 6.19. The smallest absolute Gasteiger partial charge is 0.135 e. The molecule has 0 radical (unpaired) electrons. The molecule has 3 heterocycles. The molecule has 0 aliphatic heterocycles. The number of nitrogens with zero attached hydrogens (tertiary/aromatic N) is 2. The molecule has 0 amide bonds. The molecule has 0 fully saturated rings. The van der Waals surface area contributed by atoms with Crippen molar-refractivity contribution in [1.82, 2.24) is 9.13 Å². The summed E-state index contributed by atoms with van der Waals surface area (Å²) >= 11 is 0. The Morgan fingerprint density at radius 2 is 0.836 bits per heavy atom. The molecule has 0 saturated heterocycles. The Kier molecular flexibility index (Phi) is 6.56. The van der Waals surface area contributed by atoms with Crippen LogP contribution in [0.5, 0.6) is 0 Å². The van der Waals surface area contributed by atoms with Gasteiger partial charge in [0.15, 0.2) is 0 Å². The van der Waals surface area contributed by atoms with E-state index in [1.807, 2.05) is 12.1 Å². The second-order valence-corrected chi connectivity index (χ2v) is 16.4. The molecule has 61 heavy (non-hydrogen) atoms. The Morgan fingerprint density at radius 3 is 1.69 bits per heavy atom. The van der Waals surface area contributed by atoms with Crippen molar-refractivity contribution in [2.24, 2.45) is 0 Å². The molecule has 10 aromatic carbocycles. The van der Waals surface area contributed by atoms with E-state index < -0.39 is 0 Å². The first-order valence-electron chi connectivity index (χ1n) is 21.0. The molecule has 3 heteroatoms. The summed E-state index contributed by atoms with van der Waals surface area (Å²) in [5.41, 5.74) is 18.9. The van der Waals surface area contributed by atoms with Gasteiger partial charge in [-0.05, 0) is 122 Å². The molecule has 13 aromatic rings. The standard InChI is InChI=1S/C58H34N2O/c1-2-14-42-41(13-1)48-19-10-18-47-40(27-28-49(42)58(47)48)37-11-9-12-38(31-37)60-52-20-6-3-15-43(52)45-26-23-36(33-55(45)60)35-24-29-54-50(32-35)44-16-4-7-21-53(44)59(54)39-25-30-57-51(34-39)46-17-5-8-22-56(46)61-57/h1-34H. The summed E-state index contributed by atoms with van der Waals surface area (Å²) in [5.74, 6) is 0. The van der Waals surface area contributed by atoms with Crippen molar-refractivity contribution in [3.8, 4) is 55.9 Å². The summed E-state index contributed by atoms with van der Waals surface area (Å²) in [6, 6.07) is 75.7. The molecule has 1 aliphatic carbocycles. The Bertz CT molecular complexity index is 3980. The Hall–Kier alpha value is -8.14. The maximum atomic E-state index is 6.20. The van der Waals surface area contributed by atoms with Gasteiger partial charge in [0.05, 0.1) is 22.1 Å². The SMILES string of the molecule is c1cc(-c2ccc3c4c(cccc24)-c2ccccc2-3)cc(-n2c3ccccc3c3ccc(-c4ccc5c(c4)c4ccccc4n5-c4ccc5oc6ccccc6c5c4)cc32)c1. The predicted molar refractivity (Wildman–Crippen MR) is 255 cm³/mol. The van der Waals surface area contributed by atoms with Crippen molar-refractivity contribution in [3.63, 3.8) is 0 Å². The Labute approximate surface area is 350 Å². The number of furan rings is 1. The van der Waals surface area contributed by atoms with Crippen LogP contribution >= 0.6 is 0 Å². The zero-order chi connectivity index (χ0) is 39.8. The molecule has 1 aliphatic rings. The second-order valence-electron chi connectivity index (χ2n) is 16.4. The van der Waals surface area contributed by atoms with E-state index in [9.17, 15) is 0 Å². The van der Waals surface area contributed by atoms with Crippen LogP contribution in [-0.4, -0.2) is 9.13 Å². The predicted octanol–water partition coefficient (Wildman–Crippen LogP) is 15.9. The van der Waals surface area contributed by atoms with Crippen molar-refractivity contribution in [2.75, 3.05) is 0 Å². The maximum Gasteiger partial charge on any atom is 0.135 e. The molecule has 14 rings (SSSR count). The molecule has 0 atom stereocenters. The highest BCUT2D eigenvalue weighted by Crippen LogP contribution is 2.49. The van der Waals surface area contributed by atoms with Crippen LogP contribution in [0, 0.1) is 0 Å². The fraction of sp³-hybridized carbons (Fsp3) is 0. The molecule has 0 saturated carbocycles. The fourth-order valence-corrected chi connectivity index (χ4v) is 10.6. The van der Waals surface area contributed by atoms with Crippen LogP contribution in [0.3, 0.4) is 0 Å². The molecule has 0 unspecified atom stereocenters. The van der Waals surface area contributed by atoms with Crippen LogP contribution in [0.4, 0.5) is 0 Å². The number of hydrogen-bond donors (Lipinski definition) is 0. The van der Waals surface area contributed by atoms with Gasteiger partial charge in [0.1, 0.15) is 11.2 Å². The Balaban J connectivity index is 0.926. The van der Waals surface area contributed by atoms with Crippen LogP contribution in [0.2, 0.25) is 0 Å². The van der Waals surface area contributed by atoms with Crippen LogP contribution in [0.25, 0.3) is 132 Å². The fourth-order valence-electron chi connectivity index (χ4n) is 10.6. The number of fused-ring (bicyclic) bond motifs is 12. The van der Waals surface area contributed by atoms with E-state index in [1.165, 1.54) is 98.9 Å².